The predicted molar refractivity (Wildman–Crippen MR) is 81.1 cm³/mol. The molecule has 1 heterocycles. The third-order valence-electron chi connectivity index (χ3n) is 4.07. The molecule has 0 saturated carbocycles. The molecular weight excluding hydrogens is 275 g/mol. The third-order valence-corrected chi connectivity index (χ3v) is 4.42. The molecule has 0 bridgehead atoms. The summed E-state index contributed by atoms with van der Waals surface area (Å²) in [5, 5.41) is 0.606. The van der Waals surface area contributed by atoms with Gasteiger partial charge in [0.2, 0.25) is 0 Å². The lowest BCUT2D eigenvalue weighted by Gasteiger charge is -2.33. The average Bonchev–Trinajstić information content (AvgIpc) is 2.71. The van der Waals surface area contributed by atoms with Crippen LogP contribution in [0.3, 0.4) is 0 Å². The fraction of sp³-hybridized carbons (Fsp3) is 0.500. The van der Waals surface area contributed by atoms with E-state index in [1.807, 2.05) is 11.0 Å². The van der Waals surface area contributed by atoms with Crippen LogP contribution in [0.2, 0.25) is 0 Å². The molecule has 0 aromatic heterocycles. The van der Waals surface area contributed by atoms with Crippen molar-refractivity contribution in [1.29, 1.82) is 0 Å². The van der Waals surface area contributed by atoms with Gasteiger partial charge in [-0.15, -0.1) is 0 Å². The maximum absolute atomic E-state index is 13.9. The Bertz CT molecular complexity index is 575. The molecule has 2 aliphatic rings. The summed E-state index contributed by atoms with van der Waals surface area (Å²) in [5.41, 5.74) is 9.90. The zero-order valence-electron chi connectivity index (χ0n) is 11.9. The first-order valence-corrected chi connectivity index (χ1v) is 7.44. The Morgan fingerprint density at radius 2 is 2.20 bits per heavy atom. The summed E-state index contributed by atoms with van der Waals surface area (Å²) in [4.78, 5) is 1.90. The van der Waals surface area contributed by atoms with Crippen molar-refractivity contribution in [3.63, 3.8) is 0 Å². The Balaban J connectivity index is 2.00. The smallest absolute Gasteiger partial charge is 0.122 e. The number of nitrogens with zero attached hydrogens (tertiary/aromatic N) is 1. The van der Waals surface area contributed by atoms with Crippen LogP contribution in [-0.4, -0.2) is 17.1 Å². The van der Waals surface area contributed by atoms with Crippen LogP contribution in [0.25, 0.3) is 6.08 Å². The van der Waals surface area contributed by atoms with Gasteiger partial charge in [0.25, 0.3) is 0 Å². The van der Waals surface area contributed by atoms with E-state index >= 15 is 0 Å². The zero-order valence-corrected chi connectivity index (χ0v) is 12.7. The van der Waals surface area contributed by atoms with Crippen LogP contribution >= 0.6 is 11.6 Å². The molecule has 1 aromatic carbocycles. The first kappa shape index (κ1) is 13.9. The van der Waals surface area contributed by atoms with Gasteiger partial charge in [0.15, 0.2) is 0 Å². The van der Waals surface area contributed by atoms with Crippen molar-refractivity contribution in [3.05, 3.63) is 39.5 Å². The number of alkyl halides is 1. The summed E-state index contributed by atoms with van der Waals surface area (Å²) in [6, 6.07) is 4.36. The molecule has 1 unspecified atom stereocenters. The van der Waals surface area contributed by atoms with Crippen molar-refractivity contribution in [2.45, 2.75) is 44.9 Å². The number of benzene rings is 1. The number of hydrogen-bond acceptors (Lipinski definition) is 2. The zero-order chi connectivity index (χ0) is 14.5. The van der Waals surface area contributed by atoms with Crippen molar-refractivity contribution >= 4 is 17.7 Å². The SMILES string of the molecule is CC(C)(F)CN1Cc2c(ccc3c2C(N)CC3)C=C1Cl. The first-order chi connectivity index (χ1) is 9.35. The fourth-order valence-electron chi connectivity index (χ4n) is 3.25. The summed E-state index contributed by atoms with van der Waals surface area (Å²) in [5.74, 6) is 0. The van der Waals surface area contributed by atoms with Crippen molar-refractivity contribution in [2.75, 3.05) is 6.54 Å². The third kappa shape index (κ3) is 2.45. The van der Waals surface area contributed by atoms with E-state index in [4.69, 9.17) is 17.3 Å². The molecule has 108 valence electrons. The second kappa shape index (κ2) is 4.74. The van der Waals surface area contributed by atoms with E-state index in [2.05, 4.69) is 12.1 Å². The highest BCUT2D eigenvalue weighted by atomic mass is 35.5. The van der Waals surface area contributed by atoms with Gasteiger partial charge in [-0.05, 0) is 55.0 Å². The lowest BCUT2D eigenvalue weighted by atomic mass is 9.93. The van der Waals surface area contributed by atoms with E-state index in [-0.39, 0.29) is 6.04 Å². The van der Waals surface area contributed by atoms with Crippen LogP contribution < -0.4 is 5.73 Å². The highest BCUT2D eigenvalue weighted by molar-refractivity contribution is 6.31. The van der Waals surface area contributed by atoms with Gasteiger partial charge in [0.05, 0.1) is 6.54 Å². The van der Waals surface area contributed by atoms with Crippen molar-refractivity contribution in [1.82, 2.24) is 4.90 Å². The fourth-order valence-corrected chi connectivity index (χ4v) is 3.49. The molecule has 3 rings (SSSR count). The molecule has 1 atom stereocenters. The molecule has 4 heteroatoms. The van der Waals surface area contributed by atoms with E-state index in [1.165, 1.54) is 16.7 Å². The second-order valence-electron chi connectivity index (χ2n) is 6.39. The van der Waals surface area contributed by atoms with Gasteiger partial charge >= 0.3 is 0 Å². The molecule has 20 heavy (non-hydrogen) atoms. The Morgan fingerprint density at radius 1 is 1.45 bits per heavy atom. The highest BCUT2D eigenvalue weighted by Gasteiger charge is 2.29. The van der Waals surface area contributed by atoms with Crippen molar-refractivity contribution < 1.29 is 4.39 Å². The van der Waals surface area contributed by atoms with Crippen LogP contribution in [-0.2, 0) is 13.0 Å². The molecule has 0 spiro atoms. The van der Waals surface area contributed by atoms with Crippen molar-refractivity contribution in [2.24, 2.45) is 5.73 Å². The lowest BCUT2D eigenvalue weighted by Crippen LogP contribution is -2.35. The minimum absolute atomic E-state index is 0.102. The van der Waals surface area contributed by atoms with Gasteiger partial charge in [-0.3, -0.25) is 0 Å². The summed E-state index contributed by atoms with van der Waals surface area (Å²) in [6.45, 7) is 4.09. The minimum atomic E-state index is -1.27. The Morgan fingerprint density at radius 3 is 2.90 bits per heavy atom. The van der Waals surface area contributed by atoms with Crippen LogP contribution in [0.5, 0.6) is 0 Å². The largest absolute Gasteiger partial charge is 0.355 e. The number of rotatable bonds is 2. The molecule has 1 aliphatic heterocycles. The Labute approximate surface area is 124 Å². The van der Waals surface area contributed by atoms with E-state index in [0.29, 0.717) is 18.2 Å². The quantitative estimate of drug-likeness (QED) is 0.842. The highest BCUT2D eigenvalue weighted by Crippen LogP contribution is 2.38. The molecule has 2 N–H and O–H groups in total. The maximum atomic E-state index is 13.9. The molecular formula is C16H20ClFN2. The topological polar surface area (TPSA) is 29.3 Å². The second-order valence-corrected chi connectivity index (χ2v) is 6.78. The first-order valence-electron chi connectivity index (χ1n) is 7.06. The van der Waals surface area contributed by atoms with E-state index in [0.717, 1.165) is 18.4 Å². The average molecular weight is 295 g/mol. The number of nitrogens with two attached hydrogens (primary N) is 1. The summed E-state index contributed by atoms with van der Waals surface area (Å²) >= 11 is 6.29. The minimum Gasteiger partial charge on any atom is -0.355 e. The number of aryl methyl sites for hydroxylation is 1. The standard InChI is InChI=1S/C16H20ClFN2/c1-16(2,18)9-20-8-12-11(7-14(20)17)4-3-10-5-6-13(19)15(10)12/h3-4,7,13H,5-6,8-9,19H2,1-2H3. The molecule has 1 aliphatic carbocycles. The van der Waals surface area contributed by atoms with E-state index in [9.17, 15) is 4.39 Å². The predicted octanol–water partition coefficient (Wildman–Crippen LogP) is 3.73. The van der Waals surface area contributed by atoms with Gasteiger partial charge in [0.1, 0.15) is 10.8 Å². The molecule has 2 nitrogen and oxygen atoms in total. The van der Waals surface area contributed by atoms with Crippen LogP contribution in [0.1, 0.15) is 48.6 Å². The number of hydrogen-bond donors (Lipinski definition) is 1. The van der Waals surface area contributed by atoms with Crippen LogP contribution in [0.4, 0.5) is 4.39 Å². The normalized spacial score (nSPS) is 21.6. The molecule has 0 radical (unpaired) electrons. The Hall–Kier alpha value is -1.06. The van der Waals surface area contributed by atoms with Gasteiger partial charge in [-0.25, -0.2) is 4.39 Å². The van der Waals surface area contributed by atoms with E-state index < -0.39 is 5.67 Å². The molecule has 1 aromatic rings. The molecule has 0 amide bonds. The van der Waals surface area contributed by atoms with Crippen LogP contribution in [0.15, 0.2) is 17.3 Å². The van der Waals surface area contributed by atoms with Gasteiger partial charge < -0.3 is 10.6 Å². The summed E-state index contributed by atoms with van der Waals surface area (Å²) < 4.78 is 13.9. The molecule has 0 saturated heterocycles. The lowest BCUT2D eigenvalue weighted by molar-refractivity contribution is 0.148. The van der Waals surface area contributed by atoms with Crippen LogP contribution in [0, 0.1) is 0 Å². The summed E-state index contributed by atoms with van der Waals surface area (Å²) in [7, 11) is 0. The Kier molecular flexibility index (Phi) is 3.30. The summed E-state index contributed by atoms with van der Waals surface area (Å²) in [6.07, 6.45) is 3.96. The molecule has 0 fully saturated rings. The monoisotopic (exact) mass is 294 g/mol. The van der Waals surface area contributed by atoms with Gasteiger partial charge in [-0.2, -0.15) is 0 Å². The van der Waals surface area contributed by atoms with E-state index in [1.54, 1.807) is 13.8 Å². The van der Waals surface area contributed by atoms with Gasteiger partial charge in [-0.1, -0.05) is 23.7 Å². The van der Waals surface area contributed by atoms with Gasteiger partial charge in [0, 0.05) is 12.6 Å². The maximum Gasteiger partial charge on any atom is 0.122 e. The van der Waals surface area contributed by atoms with Crippen molar-refractivity contribution in [3.8, 4) is 0 Å². The number of fused-ring (bicyclic) bond motifs is 3. The number of halogens is 2.